The molecule has 0 atom stereocenters. The number of piperidine rings is 1. The maximum absolute atomic E-state index is 12.0. The smallest absolute Gasteiger partial charge is 0.410 e. The second kappa shape index (κ2) is 7.12. The monoisotopic (exact) mass is 342 g/mol. The van der Waals surface area contributed by atoms with E-state index >= 15 is 0 Å². The predicted octanol–water partition coefficient (Wildman–Crippen LogP) is 2.27. The number of hydrogen-bond acceptors (Lipinski definition) is 7. The highest BCUT2D eigenvalue weighted by Gasteiger charge is 2.28. The van der Waals surface area contributed by atoms with Crippen molar-refractivity contribution in [1.82, 2.24) is 15.1 Å². The number of aromatic nitrogens is 2. The van der Waals surface area contributed by atoms with Crippen molar-refractivity contribution < 1.29 is 19.1 Å². The van der Waals surface area contributed by atoms with Crippen LogP contribution in [0.5, 0.6) is 5.19 Å². The molecule has 2 amide bonds. The number of carbonyl (C=O) groups is 2. The Morgan fingerprint density at radius 3 is 2.48 bits per heavy atom. The lowest BCUT2D eigenvalue weighted by Crippen LogP contribution is -2.44. The number of amides is 2. The molecule has 23 heavy (non-hydrogen) atoms. The van der Waals surface area contributed by atoms with Gasteiger partial charge in [0.15, 0.2) is 0 Å². The van der Waals surface area contributed by atoms with Crippen LogP contribution in [0.1, 0.15) is 40.5 Å². The Hall–Kier alpha value is -1.90. The lowest BCUT2D eigenvalue weighted by atomic mass is 10.1. The molecule has 8 nitrogen and oxygen atoms in total. The van der Waals surface area contributed by atoms with Crippen molar-refractivity contribution in [3.8, 4) is 5.19 Å². The molecule has 1 aliphatic heterocycles. The van der Waals surface area contributed by atoms with Crippen LogP contribution in [0, 0.1) is 0 Å². The van der Waals surface area contributed by atoms with E-state index in [1.807, 2.05) is 20.8 Å². The Labute approximate surface area is 139 Å². The number of carbonyl (C=O) groups excluding carboxylic acids is 2. The van der Waals surface area contributed by atoms with E-state index in [-0.39, 0.29) is 18.1 Å². The first-order valence-electron chi connectivity index (χ1n) is 7.48. The second-order valence-corrected chi connectivity index (χ2v) is 7.28. The fourth-order valence-corrected chi connectivity index (χ4v) is 2.79. The molecule has 0 aliphatic carbocycles. The second-order valence-electron chi connectivity index (χ2n) is 6.34. The van der Waals surface area contributed by atoms with E-state index in [0.717, 1.165) is 0 Å². The Morgan fingerprint density at radius 1 is 1.26 bits per heavy atom. The minimum Gasteiger partial charge on any atom is -0.465 e. The van der Waals surface area contributed by atoms with Gasteiger partial charge in [-0.3, -0.25) is 4.79 Å². The zero-order valence-corrected chi connectivity index (χ0v) is 14.6. The normalized spacial score (nSPS) is 16.1. The van der Waals surface area contributed by atoms with E-state index in [4.69, 9.17) is 9.47 Å². The molecule has 1 N–H and O–H groups in total. The van der Waals surface area contributed by atoms with Gasteiger partial charge in [-0.05, 0) is 32.1 Å². The molecule has 128 valence electrons. The van der Waals surface area contributed by atoms with Crippen molar-refractivity contribution in [3.05, 3.63) is 0 Å². The number of likely N-dealkylation sites (tertiary alicyclic amines) is 1. The van der Waals surface area contributed by atoms with Crippen molar-refractivity contribution in [2.45, 2.75) is 52.2 Å². The van der Waals surface area contributed by atoms with Crippen molar-refractivity contribution in [2.24, 2.45) is 0 Å². The average Bonchev–Trinajstić information content (AvgIpc) is 2.84. The fraction of sp³-hybridized carbons (Fsp3) is 0.714. The lowest BCUT2D eigenvalue weighted by molar-refractivity contribution is -0.114. The first-order valence-corrected chi connectivity index (χ1v) is 8.30. The van der Waals surface area contributed by atoms with Crippen molar-refractivity contribution >= 4 is 28.5 Å². The summed E-state index contributed by atoms with van der Waals surface area (Å²) in [4.78, 5) is 24.6. The third-order valence-corrected chi connectivity index (χ3v) is 3.78. The summed E-state index contributed by atoms with van der Waals surface area (Å²) < 4.78 is 11.1. The van der Waals surface area contributed by atoms with Gasteiger partial charge in [0.05, 0.1) is 0 Å². The van der Waals surface area contributed by atoms with Crippen LogP contribution in [0.25, 0.3) is 0 Å². The number of nitrogens with one attached hydrogen (secondary N) is 1. The number of rotatable bonds is 3. The van der Waals surface area contributed by atoms with Gasteiger partial charge >= 0.3 is 6.09 Å². The van der Waals surface area contributed by atoms with Crippen LogP contribution in [0.4, 0.5) is 9.93 Å². The van der Waals surface area contributed by atoms with Crippen LogP contribution >= 0.6 is 11.3 Å². The Kier molecular flexibility index (Phi) is 5.40. The van der Waals surface area contributed by atoms with E-state index < -0.39 is 5.60 Å². The summed E-state index contributed by atoms with van der Waals surface area (Å²) in [6, 6.07) is 0. The third-order valence-electron chi connectivity index (χ3n) is 3.05. The van der Waals surface area contributed by atoms with Crippen molar-refractivity contribution in [3.63, 3.8) is 0 Å². The van der Waals surface area contributed by atoms with Gasteiger partial charge in [-0.15, -0.1) is 5.10 Å². The van der Waals surface area contributed by atoms with Gasteiger partial charge in [0.1, 0.15) is 11.7 Å². The maximum Gasteiger partial charge on any atom is 0.410 e. The van der Waals surface area contributed by atoms with Crippen molar-refractivity contribution in [2.75, 3.05) is 18.4 Å². The maximum atomic E-state index is 12.0. The van der Waals surface area contributed by atoms with Gasteiger partial charge in [-0.25, -0.2) is 4.79 Å². The minimum atomic E-state index is -0.489. The van der Waals surface area contributed by atoms with Gasteiger partial charge in [0, 0.05) is 32.9 Å². The molecule has 9 heteroatoms. The number of anilines is 1. The predicted molar refractivity (Wildman–Crippen MR) is 85.7 cm³/mol. The molecule has 1 aliphatic rings. The SMILES string of the molecule is CC(=O)Nc1nnc(OC2CCN(C(=O)OC(C)(C)C)CC2)s1. The zero-order valence-electron chi connectivity index (χ0n) is 13.8. The highest BCUT2D eigenvalue weighted by molar-refractivity contribution is 7.17. The van der Waals surface area contributed by atoms with Gasteiger partial charge in [0.2, 0.25) is 11.0 Å². The lowest BCUT2D eigenvalue weighted by Gasteiger charge is -2.33. The summed E-state index contributed by atoms with van der Waals surface area (Å²) in [5.74, 6) is -0.196. The fourth-order valence-electron chi connectivity index (χ4n) is 2.08. The average molecular weight is 342 g/mol. The molecule has 0 radical (unpaired) electrons. The Balaban J connectivity index is 1.79. The molecule has 0 aromatic carbocycles. The summed E-state index contributed by atoms with van der Waals surface area (Å²) >= 11 is 1.19. The van der Waals surface area contributed by atoms with Crippen LogP contribution in [0.2, 0.25) is 0 Å². The first kappa shape index (κ1) is 17.5. The number of ether oxygens (including phenoxy) is 2. The molecule has 0 spiro atoms. The molecular weight excluding hydrogens is 320 g/mol. The zero-order chi connectivity index (χ0) is 17.0. The molecule has 1 aromatic heterocycles. The van der Waals surface area contributed by atoms with Gasteiger partial charge in [0.25, 0.3) is 5.19 Å². The van der Waals surface area contributed by atoms with E-state index in [1.54, 1.807) is 4.90 Å². The standard InChI is InChI=1S/C14H22N4O4S/c1-9(19)15-11-16-17-12(23-11)21-10-5-7-18(8-6-10)13(20)22-14(2,3)4/h10H,5-8H2,1-4H3,(H,15,16,19). The van der Waals surface area contributed by atoms with Gasteiger partial charge in [-0.1, -0.05) is 5.10 Å². The van der Waals surface area contributed by atoms with E-state index in [9.17, 15) is 9.59 Å². The summed E-state index contributed by atoms with van der Waals surface area (Å²) in [5, 5.41) is 11.1. The third kappa shape index (κ3) is 5.66. The van der Waals surface area contributed by atoms with Crippen LogP contribution in [-0.2, 0) is 9.53 Å². The van der Waals surface area contributed by atoms with E-state index in [0.29, 0.717) is 36.3 Å². The van der Waals surface area contributed by atoms with Crippen LogP contribution in [-0.4, -0.2) is 51.9 Å². The molecule has 1 aromatic rings. The van der Waals surface area contributed by atoms with Crippen LogP contribution < -0.4 is 10.1 Å². The molecule has 0 saturated carbocycles. The van der Waals surface area contributed by atoms with E-state index in [2.05, 4.69) is 15.5 Å². The first-order chi connectivity index (χ1) is 10.7. The van der Waals surface area contributed by atoms with Gasteiger partial charge < -0.3 is 19.7 Å². The number of hydrogen-bond donors (Lipinski definition) is 1. The van der Waals surface area contributed by atoms with Crippen molar-refractivity contribution in [1.29, 1.82) is 0 Å². The summed E-state index contributed by atoms with van der Waals surface area (Å²) in [7, 11) is 0. The highest BCUT2D eigenvalue weighted by Crippen LogP contribution is 2.26. The summed E-state index contributed by atoms with van der Waals surface area (Å²) in [5.41, 5.74) is -0.489. The quantitative estimate of drug-likeness (QED) is 0.906. The van der Waals surface area contributed by atoms with Crippen LogP contribution in [0.15, 0.2) is 0 Å². The number of nitrogens with zero attached hydrogens (tertiary/aromatic N) is 3. The van der Waals surface area contributed by atoms with E-state index in [1.165, 1.54) is 18.3 Å². The molecule has 2 heterocycles. The Morgan fingerprint density at radius 2 is 1.91 bits per heavy atom. The van der Waals surface area contributed by atoms with Gasteiger partial charge in [-0.2, -0.15) is 0 Å². The molecule has 1 fully saturated rings. The summed E-state index contributed by atoms with van der Waals surface area (Å²) in [6.45, 7) is 8.12. The topological polar surface area (TPSA) is 93.6 Å². The molecule has 2 rings (SSSR count). The van der Waals surface area contributed by atoms with Crippen LogP contribution in [0.3, 0.4) is 0 Å². The molecule has 1 saturated heterocycles. The Bertz CT molecular complexity index is 561. The minimum absolute atomic E-state index is 0.0215. The highest BCUT2D eigenvalue weighted by atomic mass is 32.1. The molecule has 0 unspecified atom stereocenters. The largest absolute Gasteiger partial charge is 0.465 e. The molecular formula is C14H22N4O4S. The summed E-state index contributed by atoms with van der Waals surface area (Å²) in [6.07, 6.45) is 1.09. The molecule has 0 bridgehead atoms.